The van der Waals surface area contributed by atoms with Gasteiger partial charge >= 0.3 is 0 Å². The van der Waals surface area contributed by atoms with E-state index in [1.165, 1.54) is 0 Å². The molecule has 1 N–H and O–H groups in total. The second-order valence-electron chi connectivity index (χ2n) is 8.53. The van der Waals surface area contributed by atoms with E-state index in [4.69, 9.17) is 4.98 Å². The van der Waals surface area contributed by atoms with E-state index in [0.717, 1.165) is 60.7 Å². The minimum atomic E-state index is -0.123. The molecular formula is C21H26N8O. The summed E-state index contributed by atoms with van der Waals surface area (Å²) in [6.45, 7) is 8.20. The fourth-order valence-corrected chi connectivity index (χ4v) is 4.11. The first-order chi connectivity index (χ1) is 14.5. The molecule has 3 aromatic rings. The third kappa shape index (κ3) is 3.18. The van der Waals surface area contributed by atoms with Crippen molar-refractivity contribution in [2.75, 3.05) is 18.4 Å². The highest BCUT2D eigenvalue weighted by Crippen LogP contribution is 2.47. The van der Waals surface area contributed by atoms with E-state index in [1.807, 2.05) is 11.8 Å². The minimum absolute atomic E-state index is 0.123. The van der Waals surface area contributed by atoms with Crippen LogP contribution in [0.3, 0.4) is 0 Å². The molecule has 1 saturated heterocycles. The fourth-order valence-electron chi connectivity index (χ4n) is 4.11. The maximum absolute atomic E-state index is 12.7. The van der Waals surface area contributed by atoms with Gasteiger partial charge in [-0.15, -0.1) is 0 Å². The first-order valence-electron chi connectivity index (χ1n) is 10.5. The van der Waals surface area contributed by atoms with Crippen LogP contribution in [0.4, 0.5) is 5.82 Å². The Morgan fingerprint density at radius 3 is 2.70 bits per heavy atom. The molecule has 3 aromatic heterocycles. The lowest BCUT2D eigenvalue weighted by Gasteiger charge is -2.20. The van der Waals surface area contributed by atoms with Crippen LogP contribution in [0, 0.1) is 12.3 Å². The van der Waals surface area contributed by atoms with Gasteiger partial charge < -0.3 is 14.8 Å². The van der Waals surface area contributed by atoms with Crippen molar-refractivity contribution in [2.24, 2.45) is 5.41 Å². The fraction of sp³-hybridized carbons (Fsp3) is 0.524. The molecule has 9 heteroatoms. The van der Waals surface area contributed by atoms with E-state index in [0.29, 0.717) is 12.4 Å². The van der Waals surface area contributed by atoms with Crippen molar-refractivity contribution in [3.05, 3.63) is 24.5 Å². The lowest BCUT2D eigenvalue weighted by molar-refractivity contribution is -0.135. The molecule has 1 unspecified atom stereocenters. The molecule has 0 spiro atoms. The van der Waals surface area contributed by atoms with Gasteiger partial charge in [0.05, 0.1) is 5.56 Å². The average Bonchev–Trinajstić information content (AvgIpc) is 3.17. The van der Waals surface area contributed by atoms with Crippen LogP contribution in [0.5, 0.6) is 0 Å². The molecule has 0 bridgehead atoms. The molecule has 0 radical (unpaired) electrons. The lowest BCUT2D eigenvalue weighted by Crippen LogP contribution is -2.36. The van der Waals surface area contributed by atoms with Gasteiger partial charge in [0.25, 0.3) is 0 Å². The van der Waals surface area contributed by atoms with E-state index < -0.39 is 0 Å². The van der Waals surface area contributed by atoms with Crippen LogP contribution < -0.4 is 5.32 Å². The number of anilines is 1. The van der Waals surface area contributed by atoms with E-state index in [9.17, 15) is 4.79 Å². The molecule has 4 heterocycles. The topological polar surface area (TPSA) is 102 Å². The molecule has 1 atom stereocenters. The summed E-state index contributed by atoms with van der Waals surface area (Å²) in [5.41, 5.74) is 2.24. The number of fused-ring (bicyclic) bond motifs is 1. The Morgan fingerprint density at radius 2 is 2.00 bits per heavy atom. The number of carbonyl (C=O) groups is 1. The van der Waals surface area contributed by atoms with Crippen LogP contribution in [0.25, 0.3) is 22.6 Å². The molecule has 1 aliphatic heterocycles. The number of aromatic nitrogens is 6. The van der Waals surface area contributed by atoms with Crippen LogP contribution in [0.2, 0.25) is 0 Å². The molecule has 1 aliphatic carbocycles. The quantitative estimate of drug-likeness (QED) is 0.694. The Kier molecular flexibility index (Phi) is 4.41. The van der Waals surface area contributed by atoms with Gasteiger partial charge in [0.15, 0.2) is 17.0 Å². The van der Waals surface area contributed by atoms with Crippen molar-refractivity contribution in [3.63, 3.8) is 0 Å². The van der Waals surface area contributed by atoms with E-state index >= 15 is 0 Å². The summed E-state index contributed by atoms with van der Waals surface area (Å²) >= 11 is 0. The molecular weight excluding hydrogens is 380 g/mol. The lowest BCUT2D eigenvalue weighted by atomic mass is 10.1. The standard InChI is InChI=1S/C21H26N8O/c1-4-29-18(14-9-22-13(2)23-10-14)27-16-17(24-12-25-19(16)29)26-15-5-8-28(11-15)20(30)21(3)6-7-21/h9-10,12,15H,4-8,11H2,1-3H3,(H,24,25,26). The zero-order valence-corrected chi connectivity index (χ0v) is 17.6. The van der Waals surface area contributed by atoms with Crippen molar-refractivity contribution < 1.29 is 4.79 Å². The van der Waals surface area contributed by atoms with Crippen molar-refractivity contribution in [2.45, 2.75) is 52.6 Å². The van der Waals surface area contributed by atoms with Gasteiger partial charge in [0, 0.05) is 43.5 Å². The van der Waals surface area contributed by atoms with Crippen molar-refractivity contribution in [1.82, 2.24) is 34.4 Å². The van der Waals surface area contributed by atoms with Gasteiger partial charge in [0.2, 0.25) is 5.91 Å². The van der Waals surface area contributed by atoms with Crippen LogP contribution in [-0.2, 0) is 11.3 Å². The first-order valence-corrected chi connectivity index (χ1v) is 10.5. The van der Waals surface area contributed by atoms with Crippen LogP contribution in [-0.4, -0.2) is 59.4 Å². The predicted molar refractivity (Wildman–Crippen MR) is 113 cm³/mol. The monoisotopic (exact) mass is 406 g/mol. The third-order valence-electron chi connectivity index (χ3n) is 6.22. The summed E-state index contributed by atoms with van der Waals surface area (Å²) < 4.78 is 2.05. The molecule has 1 amide bonds. The third-order valence-corrected chi connectivity index (χ3v) is 6.22. The second kappa shape index (κ2) is 7.00. The number of aryl methyl sites for hydroxylation is 2. The number of amides is 1. The summed E-state index contributed by atoms with van der Waals surface area (Å²) in [7, 11) is 0. The van der Waals surface area contributed by atoms with E-state index in [1.54, 1.807) is 18.7 Å². The number of hydrogen-bond donors (Lipinski definition) is 1. The second-order valence-corrected chi connectivity index (χ2v) is 8.53. The Hall–Kier alpha value is -3.10. The highest BCUT2D eigenvalue weighted by atomic mass is 16.2. The van der Waals surface area contributed by atoms with Gasteiger partial charge in [0.1, 0.15) is 18.0 Å². The van der Waals surface area contributed by atoms with Crippen molar-refractivity contribution in [1.29, 1.82) is 0 Å². The summed E-state index contributed by atoms with van der Waals surface area (Å²) in [4.78, 5) is 37.0. The Bertz CT molecular complexity index is 1100. The number of likely N-dealkylation sites (tertiary alicyclic amines) is 1. The maximum atomic E-state index is 12.7. The minimum Gasteiger partial charge on any atom is -0.364 e. The van der Waals surface area contributed by atoms with Gasteiger partial charge in [-0.25, -0.2) is 24.9 Å². The summed E-state index contributed by atoms with van der Waals surface area (Å²) in [5.74, 6) is 2.50. The highest BCUT2D eigenvalue weighted by molar-refractivity contribution is 5.87. The smallest absolute Gasteiger partial charge is 0.228 e. The largest absolute Gasteiger partial charge is 0.364 e. The number of nitrogens with zero attached hydrogens (tertiary/aromatic N) is 7. The Morgan fingerprint density at radius 1 is 1.23 bits per heavy atom. The summed E-state index contributed by atoms with van der Waals surface area (Å²) in [6.07, 6.45) is 8.06. The van der Waals surface area contributed by atoms with Gasteiger partial charge in [-0.2, -0.15) is 0 Å². The molecule has 1 saturated carbocycles. The summed E-state index contributed by atoms with van der Waals surface area (Å²) in [6, 6.07) is 0.160. The number of hydrogen-bond acceptors (Lipinski definition) is 7. The van der Waals surface area contributed by atoms with Crippen LogP contribution >= 0.6 is 0 Å². The Labute approximate surface area is 175 Å². The molecule has 0 aromatic carbocycles. The van der Waals surface area contributed by atoms with E-state index in [-0.39, 0.29) is 17.4 Å². The number of carbonyl (C=O) groups excluding carboxylic acids is 1. The molecule has 2 aliphatic rings. The van der Waals surface area contributed by atoms with Crippen molar-refractivity contribution in [3.8, 4) is 11.4 Å². The van der Waals surface area contributed by atoms with Gasteiger partial charge in [-0.1, -0.05) is 6.92 Å². The highest BCUT2D eigenvalue weighted by Gasteiger charge is 2.48. The first kappa shape index (κ1) is 18.9. The maximum Gasteiger partial charge on any atom is 0.228 e. The SMILES string of the molecule is CCn1c(-c2cnc(C)nc2)nc2c(NC3CCN(C(=O)C4(C)CC4)C3)ncnc21. The molecule has 2 fully saturated rings. The zero-order valence-electron chi connectivity index (χ0n) is 17.6. The van der Waals surface area contributed by atoms with Crippen LogP contribution in [0.15, 0.2) is 18.7 Å². The number of imidazole rings is 1. The van der Waals surface area contributed by atoms with Gasteiger partial charge in [-0.3, -0.25) is 4.79 Å². The van der Waals surface area contributed by atoms with Crippen molar-refractivity contribution >= 4 is 22.9 Å². The zero-order chi connectivity index (χ0) is 20.9. The average molecular weight is 406 g/mol. The Balaban J connectivity index is 1.43. The van der Waals surface area contributed by atoms with E-state index in [2.05, 4.69) is 43.7 Å². The van der Waals surface area contributed by atoms with Gasteiger partial charge in [-0.05, 0) is 33.1 Å². The number of nitrogens with one attached hydrogen (secondary N) is 1. The normalized spacial score (nSPS) is 20.0. The van der Waals surface area contributed by atoms with Crippen LogP contribution in [0.1, 0.15) is 38.9 Å². The number of rotatable bonds is 5. The predicted octanol–water partition coefficient (Wildman–Crippen LogP) is 2.42. The molecule has 30 heavy (non-hydrogen) atoms. The summed E-state index contributed by atoms with van der Waals surface area (Å²) in [5, 5.41) is 3.51. The molecule has 9 nitrogen and oxygen atoms in total. The molecule has 5 rings (SSSR count). The molecule has 156 valence electrons.